The number of ether oxygens (including phenoxy) is 1. The zero-order chi connectivity index (χ0) is 16.3. The Labute approximate surface area is 162 Å². The number of aliphatic imine (C=N–C) groups is 1. The molecular formula is C18H29IN4O. The van der Waals surface area contributed by atoms with E-state index >= 15 is 0 Å². The molecule has 1 aromatic rings. The molecule has 0 bridgehead atoms. The second kappa shape index (κ2) is 8.36. The number of hydrogen-bond donors (Lipinski definition) is 1. The number of halogens is 1. The van der Waals surface area contributed by atoms with Gasteiger partial charge < -0.3 is 15.0 Å². The molecular weight excluding hydrogens is 415 g/mol. The first-order valence-corrected chi connectivity index (χ1v) is 8.59. The van der Waals surface area contributed by atoms with Crippen molar-refractivity contribution in [1.82, 2.24) is 15.2 Å². The molecule has 1 aromatic heterocycles. The van der Waals surface area contributed by atoms with Gasteiger partial charge in [-0.1, -0.05) is 13.8 Å². The van der Waals surface area contributed by atoms with Gasteiger partial charge in [-0.2, -0.15) is 0 Å². The summed E-state index contributed by atoms with van der Waals surface area (Å²) in [5.74, 6) is 2.46. The van der Waals surface area contributed by atoms with E-state index in [2.05, 4.69) is 34.0 Å². The molecule has 1 saturated heterocycles. The third-order valence-corrected chi connectivity index (χ3v) is 4.60. The maximum atomic E-state index is 5.75. The summed E-state index contributed by atoms with van der Waals surface area (Å²) in [5, 5.41) is 3.46. The Kier molecular flexibility index (Phi) is 6.71. The van der Waals surface area contributed by atoms with E-state index in [4.69, 9.17) is 4.74 Å². The number of nitrogens with zero attached hydrogens (tertiary/aromatic N) is 3. The van der Waals surface area contributed by atoms with Crippen LogP contribution in [0.1, 0.15) is 38.7 Å². The number of guanidine groups is 1. The first-order chi connectivity index (χ1) is 11.1. The number of likely N-dealkylation sites (tertiary alicyclic amines) is 1. The molecule has 134 valence electrons. The van der Waals surface area contributed by atoms with Gasteiger partial charge in [0.1, 0.15) is 0 Å². The van der Waals surface area contributed by atoms with Crippen molar-refractivity contribution in [2.24, 2.45) is 16.3 Å². The third-order valence-electron chi connectivity index (χ3n) is 4.60. The fourth-order valence-electron chi connectivity index (χ4n) is 2.93. The lowest BCUT2D eigenvalue weighted by molar-refractivity contribution is 0.288. The largest absolute Gasteiger partial charge is 0.477 e. The molecule has 3 rings (SSSR count). The van der Waals surface area contributed by atoms with E-state index in [9.17, 15) is 0 Å². The maximum absolute atomic E-state index is 5.75. The molecule has 1 N–H and O–H groups in total. The van der Waals surface area contributed by atoms with Gasteiger partial charge in [0.05, 0.1) is 6.61 Å². The van der Waals surface area contributed by atoms with Crippen LogP contribution in [0.15, 0.2) is 23.3 Å². The molecule has 5 nitrogen and oxygen atoms in total. The minimum Gasteiger partial charge on any atom is -0.477 e. The molecule has 24 heavy (non-hydrogen) atoms. The minimum atomic E-state index is 0. The van der Waals surface area contributed by atoms with E-state index in [0.717, 1.165) is 44.0 Å². The molecule has 2 heterocycles. The van der Waals surface area contributed by atoms with Crippen molar-refractivity contribution in [3.63, 3.8) is 0 Å². The Bertz CT molecular complexity index is 572. The van der Waals surface area contributed by atoms with Crippen LogP contribution in [0.4, 0.5) is 0 Å². The van der Waals surface area contributed by atoms with Gasteiger partial charge in [0.15, 0.2) is 5.96 Å². The van der Waals surface area contributed by atoms with Crippen LogP contribution in [0.25, 0.3) is 0 Å². The first-order valence-electron chi connectivity index (χ1n) is 8.59. The summed E-state index contributed by atoms with van der Waals surface area (Å²) in [6, 6.07) is 4.05. The van der Waals surface area contributed by atoms with Crippen molar-refractivity contribution in [1.29, 1.82) is 0 Å². The molecule has 0 aromatic carbocycles. The van der Waals surface area contributed by atoms with E-state index in [1.165, 1.54) is 24.8 Å². The quantitative estimate of drug-likeness (QED) is 0.430. The van der Waals surface area contributed by atoms with Crippen molar-refractivity contribution in [2.75, 3.05) is 26.7 Å². The van der Waals surface area contributed by atoms with Gasteiger partial charge in [-0.05, 0) is 42.2 Å². The van der Waals surface area contributed by atoms with E-state index in [1.807, 2.05) is 25.4 Å². The topological polar surface area (TPSA) is 49.8 Å². The van der Waals surface area contributed by atoms with Gasteiger partial charge in [0, 0.05) is 38.9 Å². The molecule has 1 aliphatic carbocycles. The molecule has 0 amide bonds. The SMILES string of the molecule is CN=C(NCc1ccnc(OCC2CC2)c1)N1CCC(C)(C)C1.I. The predicted octanol–water partition coefficient (Wildman–Crippen LogP) is 3.30. The predicted molar refractivity (Wildman–Crippen MR) is 108 cm³/mol. The highest BCUT2D eigenvalue weighted by atomic mass is 127. The standard InChI is InChI=1S/C18H28N4O.HI/c1-18(2)7-9-22(13-18)17(19-3)21-11-15-6-8-20-16(10-15)23-12-14-4-5-14;/h6,8,10,14H,4-5,7,9,11-13H2,1-3H3,(H,19,21);1H. The van der Waals surface area contributed by atoms with Gasteiger partial charge in [-0.15, -0.1) is 24.0 Å². The fraction of sp³-hybridized carbons (Fsp3) is 0.667. The number of pyridine rings is 1. The maximum Gasteiger partial charge on any atom is 0.213 e. The van der Waals surface area contributed by atoms with Crippen LogP contribution >= 0.6 is 24.0 Å². The molecule has 6 heteroatoms. The average molecular weight is 444 g/mol. The van der Waals surface area contributed by atoms with E-state index in [-0.39, 0.29) is 24.0 Å². The Morgan fingerprint density at radius 1 is 1.46 bits per heavy atom. The highest BCUT2D eigenvalue weighted by molar-refractivity contribution is 14.0. The van der Waals surface area contributed by atoms with Crippen molar-refractivity contribution >= 4 is 29.9 Å². The van der Waals surface area contributed by atoms with E-state index in [1.54, 1.807) is 0 Å². The van der Waals surface area contributed by atoms with Crippen molar-refractivity contribution < 1.29 is 4.74 Å². The van der Waals surface area contributed by atoms with Crippen LogP contribution in [0, 0.1) is 11.3 Å². The smallest absolute Gasteiger partial charge is 0.213 e. The Balaban J connectivity index is 0.00000208. The lowest BCUT2D eigenvalue weighted by Crippen LogP contribution is -2.40. The Hall–Kier alpha value is -1.05. The average Bonchev–Trinajstić information content (AvgIpc) is 3.29. The van der Waals surface area contributed by atoms with Crippen molar-refractivity contribution in [3.8, 4) is 5.88 Å². The van der Waals surface area contributed by atoms with Crippen LogP contribution in [-0.2, 0) is 6.54 Å². The van der Waals surface area contributed by atoms with Gasteiger partial charge >= 0.3 is 0 Å². The Morgan fingerprint density at radius 2 is 2.25 bits per heavy atom. The van der Waals surface area contributed by atoms with Crippen molar-refractivity contribution in [2.45, 2.75) is 39.7 Å². The lowest BCUT2D eigenvalue weighted by Gasteiger charge is -2.23. The van der Waals surface area contributed by atoms with E-state index < -0.39 is 0 Å². The molecule has 0 unspecified atom stereocenters. The van der Waals surface area contributed by atoms with Crippen LogP contribution < -0.4 is 10.1 Å². The van der Waals surface area contributed by atoms with Gasteiger partial charge in [0.2, 0.25) is 5.88 Å². The highest BCUT2D eigenvalue weighted by Crippen LogP contribution is 2.29. The van der Waals surface area contributed by atoms with Crippen LogP contribution in [0.3, 0.4) is 0 Å². The first kappa shape index (κ1) is 19.3. The van der Waals surface area contributed by atoms with Gasteiger partial charge in [0.25, 0.3) is 0 Å². The summed E-state index contributed by atoms with van der Waals surface area (Å²) < 4.78 is 5.75. The fourth-order valence-corrected chi connectivity index (χ4v) is 2.93. The normalized spacial score (nSPS) is 19.8. The summed E-state index contributed by atoms with van der Waals surface area (Å²) in [6.45, 7) is 8.29. The Morgan fingerprint density at radius 3 is 2.88 bits per heavy atom. The van der Waals surface area contributed by atoms with Crippen LogP contribution in [0.5, 0.6) is 5.88 Å². The van der Waals surface area contributed by atoms with Crippen LogP contribution in [0.2, 0.25) is 0 Å². The molecule has 1 saturated carbocycles. The zero-order valence-corrected chi connectivity index (χ0v) is 17.2. The molecule has 2 fully saturated rings. The summed E-state index contributed by atoms with van der Waals surface area (Å²) in [7, 11) is 1.85. The minimum absolute atomic E-state index is 0. The second-order valence-corrected chi connectivity index (χ2v) is 7.49. The number of nitrogens with one attached hydrogen (secondary N) is 1. The monoisotopic (exact) mass is 444 g/mol. The zero-order valence-electron chi connectivity index (χ0n) is 14.9. The molecule has 1 aliphatic heterocycles. The molecule has 0 radical (unpaired) electrons. The highest BCUT2D eigenvalue weighted by Gasteiger charge is 2.30. The number of hydrogen-bond acceptors (Lipinski definition) is 3. The summed E-state index contributed by atoms with van der Waals surface area (Å²) in [6.07, 6.45) is 5.62. The summed E-state index contributed by atoms with van der Waals surface area (Å²) >= 11 is 0. The summed E-state index contributed by atoms with van der Waals surface area (Å²) in [4.78, 5) is 11.1. The number of aromatic nitrogens is 1. The lowest BCUT2D eigenvalue weighted by atomic mass is 9.93. The van der Waals surface area contributed by atoms with Crippen molar-refractivity contribution in [3.05, 3.63) is 23.9 Å². The number of rotatable bonds is 5. The van der Waals surface area contributed by atoms with Gasteiger partial charge in [-0.25, -0.2) is 4.98 Å². The van der Waals surface area contributed by atoms with Gasteiger partial charge in [-0.3, -0.25) is 4.99 Å². The second-order valence-electron chi connectivity index (χ2n) is 7.49. The molecule has 2 aliphatic rings. The summed E-state index contributed by atoms with van der Waals surface area (Å²) in [5.41, 5.74) is 1.54. The molecule has 0 atom stereocenters. The molecule has 0 spiro atoms. The van der Waals surface area contributed by atoms with E-state index in [0.29, 0.717) is 5.41 Å². The van der Waals surface area contributed by atoms with Crippen LogP contribution in [-0.4, -0.2) is 42.6 Å². The third kappa shape index (κ3) is 5.50.